The molecule has 0 aliphatic rings. The zero-order valence-electron chi connectivity index (χ0n) is 12.2. The van der Waals surface area contributed by atoms with E-state index >= 15 is 0 Å². The van der Waals surface area contributed by atoms with Crippen LogP contribution in [0.1, 0.15) is 23.7 Å². The van der Waals surface area contributed by atoms with Crippen molar-refractivity contribution >= 4 is 28.1 Å². The van der Waals surface area contributed by atoms with Crippen LogP contribution in [0.15, 0.2) is 18.2 Å². The van der Waals surface area contributed by atoms with Crippen LogP contribution in [0.4, 0.5) is 11.4 Å². The number of hydrogen-bond donors (Lipinski definition) is 2. The molecule has 0 aliphatic carbocycles. The first kappa shape index (κ1) is 17.1. The molecule has 0 saturated carbocycles. The summed E-state index contributed by atoms with van der Waals surface area (Å²) >= 11 is 0. The lowest BCUT2D eigenvalue weighted by Crippen LogP contribution is -2.20. The van der Waals surface area contributed by atoms with Crippen LogP contribution in [0.25, 0.3) is 0 Å². The minimum Gasteiger partial charge on any atom is -0.377 e. The van der Waals surface area contributed by atoms with E-state index in [1.807, 2.05) is 6.92 Å². The molecule has 2 unspecified atom stereocenters. The second-order valence-electron chi connectivity index (χ2n) is 4.68. The molecule has 0 heterocycles. The van der Waals surface area contributed by atoms with Crippen LogP contribution in [-0.2, 0) is 10.8 Å². The molecule has 0 aromatic heterocycles. The Bertz CT molecular complexity index is 562. The Kier molecular flexibility index (Phi) is 6.29. The van der Waals surface area contributed by atoms with Crippen molar-refractivity contribution in [1.29, 1.82) is 0 Å². The van der Waals surface area contributed by atoms with Crippen molar-refractivity contribution in [3.8, 4) is 0 Å². The molecule has 116 valence electrons. The molecule has 2 N–H and O–H groups in total. The van der Waals surface area contributed by atoms with Gasteiger partial charge in [0.05, 0.1) is 4.92 Å². The molecule has 8 heteroatoms. The second-order valence-corrected chi connectivity index (χ2v) is 6.23. The SMILES string of the molecule is CNC(=O)c1ccc(NC(C)CCS(C)=O)c([N+](=O)[O-])c1. The fourth-order valence-corrected chi connectivity index (χ4v) is 2.46. The standard InChI is InChI=1S/C13H19N3O4S/c1-9(6-7-21(3)20)15-11-5-4-10(13(17)14-2)8-12(11)16(18)19/h4-5,8-9,15H,6-7H2,1-3H3,(H,14,17). The number of rotatable bonds is 7. The maximum atomic E-state index is 11.5. The van der Waals surface area contributed by atoms with Crippen LogP contribution in [0.2, 0.25) is 0 Å². The van der Waals surface area contributed by atoms with Crippen LogP contribution in [-0.4, -0.2) is 40.1 Å². The molecular weight excluding hydrogens is 294 g/mol. The van der Waals surface area contributed by atoms with Crippen LogP contribution < -0.4 is 10.6 Å². The van der Waals surface area contributed by atoms with Crippen molar-refractivity contribution in [3.05, 3.63) is 33.9 Å². The van der Waals surface area contributed by atoms with Crippen LogP contribution >= 0.6 is 0 Å². The highest BCUT2D eigenvalue weighted by atomic mass is 32.2. The van der Waals surface area contributed by atoms with Crippen LogP contribution in [0.5, 0.6) is 0 Å². The van der Waals surface area contributed by atoms with Crippen molar-refractivity contribution in [2.45, 2.75) is 19.4 Å². The molecule has 1 amide bonds. The predicted molar refractivity (Wildman–Crippen MR) is 83.1 cm³/mol. The molecule has 0 spiro atoms. The fraction of sp³-hybridized carbons (Fsp3) is 0.462. The van der Waals surface area contributed by atoms with E-state index in [2.05, 4.69) is 10.6 Å². The van der Waals surface area contributed by atoms with Crippen LogP contribution in [0.3, 0.4) is 0 Å². The van der Waals surface area contributed by atoms with Gasteiger partial charge in [-0.3, -0.25) is 19.1 Å². The van der Waals surface area contributed by atoms with Gasteiger partial charge in [0.2, 0.25) is 0 Å². The van der Waals surface area contributed by atoms with Crippen molar-refractivity contribution in [2.24, 2.45) is 0 Å². The third kappa shape index (κ3) is 5.14. The fourth-order valence-electron chi connectivity index (χ4n) is 1.77. The average molecular weight is 313 g/mol. The van der Waals surface area contributed by atoms with Crippen molar-refractivity contribution < 1.29 is 13.9 Å². The van der Waals surface area contributed by atoms with E-state index in [1.165, 1.54) is 25.2 Å². The van der Waals surface area contributed by atoms with Gasteiger partial charge in [-0.05, 0) is 25.5 Å². The van der Waals surface area contributed by atoms with Gasteiger partial charge < -0.3 is 10.6 Å². The first-order chi connectivity index (χ1) is 9.85. The van der Waals surface area contributed by atoms with E-state index in [1.54, 1.807) is 6.26 Å². The summed E-state index contributed by atoms with van der Waals surface area (Å²) in [5, 5.41) is 16.6. The monoisotopic (exact) mass is 313 g/mol. The number of benzene rings is 1. The topological polar surface area (TPSA) is 101 Å². The number of nitro groups is 1. The van der Waals surface area contributed by atoms with E-state index in [-0.39, 0.29) is 23.2 Å². The van der Waals surface area contributed by atoms with Gasteiger partial charge >= 0.3 is 0 Å². The summed E-state index contributed by atoms with van der Waals surface area (Å²) in [6.45, 7) is 1.86. The maximum Gasteiger partial charge on any atom is 0.293 e. The Labute approximate surface area is 125 Å². The lowest BCUT2D eigenvalue weighted by atomic mass is 10.1. The highest BCUT2D eigenvalue weighted by Crippen LogP contribution is 2.26. The summed E-state index contributed by atoms with van der Waals surface area (Å²) in [5.74, 6) is 0.150. The largest absolute Gasteiger partial charge is 0.377 e. The summed E-state index contributed by atoms with van der Waals surface area (Å²) in [5.41, 5.74) is 0.430. The predicted octanol–water partition coefficient (Wildman–Crippen LogP) is 1.52. The normalized spacial score (nSPS) is 13.3. The first-order valence-electron chi connectivity index (χ1n) is 6.42. The molecule has 2 atom stereocenters. The smallest absolute Gasteiger partial charge is 0.293 e. The minimum absolute atomic E-state index is 0.0570. The second kappa shape index (κ2) is 7.72. The molecule has 0 radical (unpaired) electrons. The number of nitro benzene ring substituents is 1. The lowest BCUT2D eigenvalue weighted by Gasteiger charge is -2.15. The van der Waals surface area contributed by atoms with Gasteiger partial charge in [0, 0.05) is 47.5 Å². The molecule has 1 aromatic carbocycles. The van der Waals surface area contributed by atoms with Gasteiger partial charge in [0.1, 0.15) is 5.69 Å². The number of nitrogens with zero attached hydrogens (tertiary/aromatic N) is 1. The number of hydrogen-bond acceptors (Lipinski definition) is 5. The lowest BCUT2D eigenvalue weighted by molar-refractivity contribution is -0.384. The summed E-state index contributed by atoms with van der Waals surface area (Å²) < 4.78 is 11.1. The van der Waals surface area contributed by atoms with Gasteiger partial charge in [-0.1, -0.05) is 0 Å². The van der Waals surface area contributed by atoms with Gasteiger partial charge in [-0.25, -0.2) is 0 Å². The molecule has 7 nitrogen and oxygen atoms in total. The highest BCUT2D eigenvalue weighted by molar-refractivity contribution is 7.84. The van der Waals surface area contributed by atoms with Gasteiger partial charge in [0.25, 0.3) is 11.6 Å². The average Bonchev–Trinajstić information content (AvgIpc) is 2.44. The molecular formula is C13H19N3O4S. The van der Waals surface area contributed by atoms with Crippen molar-refractivity contribution in [3.63, 3.8) is 0 Å². The summed E-state index contributed by atoms with van der Waals surface area (Å²) in [4.78, 5) is 22.1. The Morgan fingerprint density at radius 2 is 2.14 bits per heavy atom. The molecule has 1 aromatic rings. The van der Waals surface area contributed by atoms with Crippen LogP contribution in [0, 0.1) is 10.1 Å². The number of nitrogens with one attached hydrogen (secondary N) is 2. The van der Waals surface area contributed by atoms with Gasteiger partial charge in [0.15, 0.2) is 0 Å². The molecule has 0 aliphatic heterocycles. The molecule has 0 fully saturated rings. The quantitative estimate of drug-likeness (QED) is 0.587. The van der Waals surface area contributed by atoms with E-state index < -0.39 is 15.7 Å². The third-order valence-electron chi connectivity index (χ3n) is 2.92. The van der Waals surface area contributed by atoms with E-state index in [0.29, 0.717) is 17.9 Å². The molecule has 21 heavy (non-hydrogen) atoms. The Morgan fingerprint density at radius 3 is 2.67 bits per heavy atom. The molecule has 1 rings (SSSR count). The number of anilines is 1. The van der Waals surface area contributed by atoms with Gasteiger partial charge in [-0.2, -0.15) is 0 Å². The van der Waals surface area contributed by atoms with Gasteiger partial charge in [-0.15, -0.1) is 0 Å². The number of carbonyl (C=O) groups excluding carboxylic acids is 1. The van der Waals surface area contributed by atoms with E-state index in [9.17, 15) is 19.1 Å². The highest BCUT2D eigenvalue weighted by Gasteiger charge is 2.18. The van der Waals surface area contributed by atoms with E-state index in [0.717, 1.165) is 0 Å². The van der Waals surface area contributed by atoms with Crippen molar-refractivity contribution in [1.82, 2.24) is 5.32 Å². The zero-order chi connectivity index (χ0) is 16.0. The number of amides is 1. The number of carbonyl (C=O) groups is 1. The third-order valence-corrected chi connectivity index (χ3v) is 3.73. The summed E-state index contributed by atoms with van der Waals surface area (Å²) in [6.07, 6.45) is 2.25. The first-order valence-corrected chi connectivity index (χ1v) is 8.15. The minimum atomic E-state index is -0.896. The summed E-state index contributed by atoms with van der Waals surface area (Å²) in [6, 6.07) is 4.23. The summed E-state index contributed by atoms with van der Waals surface area (Å²) in [7, 11) is 0.569. The zero-order valence-corrected chi connectivity index (χ0v) is 13.0. The maximum absolute atomic E-state index is 11.5. The Balaban J connectivity index is 2.93. The molecule has 0 bridgehead atoms. The van der Waals surface area contributed by atoms with Crippen molar-refractivity contribution in [2.75, 3.05) is 24.4 Å². The Morgan fingerprint density at radius 1 is 1.48 bits per heavy atom. The van der Waals surface area contributed by atoms with E-state index in [4.69, 9.17) is 0 Å². The Hall–Kier alpha value is -1.96. The molecule has 0 saturated heterocycles.